The molecule has 0 aliphatic carbocycles. The Balaban J connectivity index is 2.24. The Bertz CT molecular complexity index is 770. The van der Waals surface area contributed by atoms with Gasteiger partial charge in [-0.05, 0) is 39.0 Å². The fourth-order valence-corrected chi connectivity index (χ4v) is 3.06. The third-order valence-electron chi connectivity index (χ3n) is 3.57. The molecule has 1 unspecified atom stereocenters. The highest BCUT2D eigenvalue weighted by Gasteiger charge is 2.22. The number of benzene rings is 1. The van der Waals surface area contributed by atoms with Gasteiger partial charge in [-0.3, -0.25) is 0 Å². The Morgan fingerprint density at radius 2 is 2.10 bits per heavy atom. The molecule has 0 radical (unpaired) electrons. The van der Waals surface area contributed by atoms with Crippen LogP contribution in [0.5, 0.6) is 0 Å². The topological polar surface area (TPSA) is 69.9 Å². The van der Waals surface area contributed by atoms with Crippen molar-refractivity contribution in [2.24, 2.45) is 0 Å². The minimum atomic E-state index is 0.0144. The Hall–Kier alpha value is -1.82. The van der Waals surface area contributed by atoms with Crippen LogP contribution in [0.25, 0.3) is 11.0 Å². The summed E-state index contributed by atoms with van der Waals surface area (Å²) in [5.41, 5.74) is 9.90. The number of nitrogens with two attached hydrogens (primary N) is 1. The first-order valence-electron chi connectivity index (χ1n) is 6.34. The Kier molecular flexibility index (Phi) is 3.05. The normalized spacial score (nSPS) is 13.0. The number of halogens is 1. The number of aryl methyl sites for hydroxylation is 2. The van der Waals surface area contributed by atoms with Gasteiger partial charge in [-0.2, -0.15) is 0 Å². The fourth-order valence-electron chi connectivity index (χ4n) is 2.71. The van der Waals surface area contributed by atoms with E-state index in [0.717, 1.165) is 32.5 Å². The zero-order valence-corrected chi connectivity index (χ0v) is 13.1. The fraction of sp³-hybridized carbons (Fsp3) is 0.286. The molecule has 2 heterocycles. The van der Waals surface area contributed by atoms with Gasteiger partial charge in [0.05, 0.1) is 22.8 Å². The first-order valence-corrected chi connectivity index (χ1v) is 7.14. The van der Waals surface area contributed by atoms with Crippen LogP contribution in [-0.2, 0) is 0 Å². The number of anilines is 1. The van der Waals surface area contributed by atoms with Gasteiger partial charge in [0.15, 0.2) is 0 Å². The molecule has 3 rings (SSSR count). The van der Waals surface area contributed by atoms with Crippen molar-refractivity contribution in [3.63, 3.8) is 0 Å². The largest absolute Gasteiger partial charge is 0.369 e. The van der Waals surface area contributed by atoms with E-state index in [4.69, 9.17) is 10.3 Å². The molecule has 1 atom stereocenters. The van der Waals surface area contributed by atoms with Gasteiger partial charge < -0.3 is 14.8 Å². The van der Waals surface area contributed by atoms with Crippen molar-refractivity contribution >= 4 is 32.9 Å². The predicted molar refractivity (Wildman–Crippen MR) is 81.6 cm³/mol. The van der Waals surface area contributed by atoms with Crippen molar-refractivity contribution in [2.75, 3.05) is 5.73 Å². The van der Waals surface area contributed by atoms with E-state index in [1.807, 2.05) is 36.6 Å². The van der Waals surface area contributed by atoms with Crippen LogP contribution in [0.2, 0.25) is 0 Å². The van der Waals surface area contributed by atoms with Crippen LogP contribution < -0.4 is 5.73 Å². The molecule has 0 saturated carbocycles. The maximum atomic E-state index is 6.10. The summed E-state index contributed by atoms with van der Waals surface area (Å²) in [6.45, 7) is 5.93. The third kappa shape index (κ3) is 1.91. The maximum Gasteiger partial charge on any atom is 0.201 e. The summed E-state index contributed by atoms with van der Waals surface area (Å²) in [6, 6.07) is 5.94. The van der Waals surface area contributed by atoms with Crippen LogP contribution in [-0.4, -0.2) is 14.7 Å². The van der Waals surface area contributed by atoms with E-state index < -0.39 is 0 Å². The number of nitrogens with zero attached hydrogens (tertiary/aromatic N) is 3. The molecule has 0 fully saturated rings. The smallest absolute Gasteiger partial charge is 0.201 e. The lowest BCUT2D eigenvalue weighted by molar-refractivity contribution is 0.391. The number of nitrogen functional groups attached to an aromatic ring is 1. The van der Waals surface area contributed by atoms with Crippen LogP contribution in [0, 0.1) is 13.8 Å². The highest BCUT2D eigenvalue weighted by Crippen LogP contribution is 2.31. The van der Waals surface area contributed by atoms with Gasteiger partial charge in [-0.1, -0.05) is 21.1 Å². The van der Waals surface area contributed by atoms with Crippen molar-refractivity contribution in [3.05, 3.63) is 39.7 Å². The predicted octanol–water partition coefficient (Wildman–Crippen LogP) is 3.60. The van der Waals surface area contributed by atoms with E-state index in [-0.39, 0.29) is 6.04 Å². The molecule has 6 heteroatoms. The number of aromatic nitrogens is 3. The monoisotopic (exact) mass is 334 g/mol. The molecule has 3 aromatic rings. The molecule has 0 amide bonds. The van der Waals surface area contributed by atoms with Crippen LogP contribution >= 0.6 is 15.9 Å². The minimum Gasteiger partial charge on any atom is -0.369 e. The Labute approximate surface area is 124 Å². The number of rotatable bonds is 2. The second-order valence-electron chi connectivity index (χ2n) is 4.89. The molecule has 0 aliphatic heterocycles. The second-order valence-corrected chi connectivity index (χ2v) is 5.80. The highest BCUT2D eigenvalue weighted by atomic mass is 79.9. The van der Waals surface area contributed by atoms with E-state index >= 15 is 0 Å². The Morgan fingerprint density at radius 3 is 2.75 bits per heavy atom. The average Bonchev–Trinajstić information content (AvgIpc) is 2.88. The summed E-state index contributed by atoms with van der Waals surface area (Å²) in [5, 5.41) is 4.02. The van der Waals surface area contributed by atoms with Crippen LogP contribution in [0.3, 0.4) is 0 Å². The lowest BCUT2D eigenvalue weighted by Gasteiger charge is -2.16. The van der Waals surface area contributed by atoms with E-state index in [1.54, 1.807) is 0 Å². The quantitative estimate of drug-likeness (QED) is 0.777. The summed E-state index contributed by atoms with van der Waals surface area (Å²) < 4.78 is 8.26. The molecule has 0 spiro atoms. The van der Waals surface area contributed by atoms with Gasteiger partial charge in [-0.25, -0.2) is 4.98 Å². The van der Waals surface area contributed by atoms with Gasteiger partial charge in [0.25, 0.3) is 0 Å². The standard InChI is InChI=1S/C14H15BrN4O/c1-7-13(9(3)20-18-7)8(2)19-12-6-10(15)4-5-11(12)17-14(19)16/h4-6,8H,1-3H3,(H2,16,17). The summed E-state index contributed by atoms with van der Waals surface area (Å²) in [6.07, 6.45) is 0. The van der Waals surface area contributed by atoms with Gasteiger partial charge in [-0.15, -0.1) is 0 Å². The summed E-state index contributed by atoms with van der Waals surface area (Å²) in [4.78, 5) is 4.41. The van der Waals surface area contributed by atoms with Crippen molar-refractivity contribution in [3.8, 4) is 0 Å². The van der Waals surface area contributed by atoms with E-state index in [9.17, 15) is 0 Å². The molecule has 104 valence electrons. The van der Waals surface area contributed by atoms with E-state index in [1.165, 1.54) is 0 Å². The zero-order chi connectivity index (χ0) is 14.4. The molecule has 20 heavy (non-hydrogen) atoms. The first-order chi connectivity index (χ1) is 9.49. The summed E-state index contributed by atoms with van der Waals surface area (Å²) >= 11 is 3.49. The van der Waals surface area contributed by atoms with Gasteiger partial charge in [0.2, 0.25) is 5.95 Å². The lowest BCUT2D eigenvalue weighted by atomic mass is 10.1. The second kappa shape index (κ2) is 4.63. The third-order valence-corrected chi connectivity index (χ3v) is 4.07. The molecule has 0 bridgehead atoms. The van der Waals surface area contributed by atoms with Crippen molar-refractivity contribution < 1.29 is 4.52 Å². The molecular formula is C14H15BrN4O. The minimum absolute atomic E-state index is 0.0144. The molecular weight excluding hydrogens is 320 g/mol. The maximum absolute atomic E-state index is 6.10. The molecule has 0 saturated heterocycles. The molecule has 0 aliphatic rings. The summed E-state index contributed by atoms with van der Waals surface area (Å²) in [5.74, 6) is 1.30. The first kappa shape index (κ1) is 13.2. The van der Waals surface area contributed by atoms with Crippen LogP contribution in [0.1, 0.15) is 30.0 Å². The summed E-state index contributed by atoms with van der Waals surface area (Å²) in [7, 11) is 0. The highest BCUT2D eigenvalue weighted by molar-refractivity contribution is 9.10. The molecule has 1 aromatic carbocycles. The average molecular weight is 335 g/mol. The number of hydrogen-bond donors (Lipinski definition) is 1. The number of fused-ring (bicyclic) bond motifs is 1. The van der Waals surface area contributed by atoms with Gasteiger partial charge >= 0.3 is 0 Å². The van der Waals surface area contributed by atoms with Crippen LogP contribution in [0.4, 0.5) is 5.95 Å². The van der Waals surface area contributed by atoms with E-state index in [2.05, 4.69) is 33.0 Å². The van der Waals surface area contributed by atoms with Crippen molar-refractivity contribution in [2.45, 2.75) is 26.8 Å². The van der Waals surface area contributed by atoms with E-state index in [0.29, 0.717) is 5.95 Å². The molecule has 5 nitrogen and oxygen atoms in total. The lowest BCUT2D eigenvalue weighted by Crippen LogP contribution is -2.11. The van der Waals surface area contributed by atoms with Crippen molar-refractivity contribution in [1.29, 1.82) is 0 Å². The number of imidazole rings is 1. The Morgan fingerprint density at radius 1 is 1.35 bits per heavy atom. The van der Waals surface area contributed by atoms with Gasteiger partial charge in [0, 0.05) is 10.0 Å². The van der Waals surface area contributed by atoms with Crippen molar-refractivity contribution in [1.82, 2.24) is 14.7 Å². The zero-order valence-electron chi connectivity index (χ0n) is 11.5. The molecule has 2 N–H and O–H groups in total. The molecule has 2 aromatic heterocycles. The van der Waals surface area contributed by atoms with Gasteiger partial charge in [0.1, 0.15) is 5.76 Å². The van der Waals surface area contributed by atoms with Crippen LogP contribution in [0.15, 0.2) is 27.2 Å². The SMILES string of the molecule is Cc1noc(C)c1C(C)n1c(N)nc2ccc(Br)cc21. The number of hydrogen-bond acceptors (Lipinski definition) is 4.